The van der Waals surface area contributed by atoms with Crippen LogP contribution in [0.4, 0.5) is 5.69 Å². The van der Waals surface area contributed by atoms with E-state index < -0.39 is 6.10 Å². The molecule has 2 atom stereocenters. The number of benzene rings is 1. The molecule has 39 heavy (non-hydrogen) atoms. The highest BCUT2D eigenvalue weighted by Crippen LogP contribution is 2.29. The molecule has 4 aromatic heterocycles. The number of carbonyl (C=O) groups is 1. The number of hydrogen-bond donors (Lipinski definition) is 2. The van der Waals surface area contributed by atoms with Gasteiger partial charge in [0.05, 0.1) is 35.3 Å². The lowest BCUT2D eigenvalue weighted by Crippen LogP contribution is -2.29. The van der Waals surface area contributed by atoms with Crippen molar-refractivity contribution in [2.75, 3.05) is 25.5 Å². The van der Waals surface area contributed by atoms with Crippen LogP contribution in [0.5, 0.6) is 5.75 Å². The van der Waals surface area contributed by atoms with E-state index in [4.69, 9.17) is 9.84 Å². The lowest BCUT2D eigenvalue weighted by atomic mass is 10.1. The van der Waals surface area contributed by atoms with Crippen LogP contribution in [-0.4, -0.2) is 72.4 Å². The Morgan fingerprint density at radius 1 is 1.18 bits per heavy atom. The summed E-state index contributed by atoms with van der Waals surface area (Å²) in [6, 6.07) is 15.4. The molecule has 2 N–H and O–H groups in total. The molecule has 0 spiro atoms. The molecule has 1 amide bonds. The Morgan fingerprint density at radius 2 is 2.03 bits per heavy atom. The largest absolute Gasteiger partial charge is 0.486 e. The molecule has 0 saturated carbocycles. The number of pyridine rings is 2. The van der Waals surface area contributed by atoms with Crippen molar-refractivity contribution in [3.8, 4) is 5.75 Å². The first-order valence-corrected chi connectivity index (χ1v) is 13.1. The molecule has 1 aliphatic heterocycles. The molecular weight excluding hydrogens is 494 g/mol. The Hall–Kier alpha value is -4.28. The van der Waals surface area contributed by atoms with Crippen molar-refractivity contribution in [2.45, 2.75) is 39.0 Å². The first-order chi connectivity index (χ1) is 18.9. The number of ether oxygens (including phenoxy) is 1. The molecule has 6 rings (SSSR count). The zero-order valence-electron chi connectivity index (χ0n) is 22.2. The minimum atomic E-state index is -0.541. The average Bonchev–Trinajstić information content (AvgIpc) is 3.59. The molecule has 1 aromatic carbocycles. The Bertz CT molecular complexity index is 1670. The van der Waals surface area contributed by atoms with E-state index in [1.54, 1.807) is 28.9 Å². The predicted molar refractivity (Wildman–Crippen MR) is 148 cm³/mol. The Labute approximate surface area is 225 Å². The van der Waals surface area contributed by atoms with Gasteiger partial charge < -0.3 is 15.2 Å². The summed E-state index contributed by atoms with van der Waals surface area (Å²) in [7, 11) is 1.95. The van der Waals surface area contributed by atoms with Gasteiger partial charge in [-0.05, 0) is 50.7 Å². The van der Waals surface area contributed by atoms with Gasteiger partial charge >= 0.3 is 0 Å². The van der Waals surface area contributed by atoms with E-state index in [-0.39, 0.29) is 12.0 Å². The van der Waals surface area contributed by atoms with Crippen molar-refractivity contribution >= 4 is 28.1 Å². The third-order valence-electron chi connectivity index (χ3n) is 7.12. The number of aliphatic hydroxyl groups excluding tert-OH is 1. The summed E-state index contributed by atoms with van der Waals surface area (Å²) in [6.45, 7) is 5.80. The van der Waals surface area contributed by atoms with Crippen LogP contribution >= 0.6 is 0 Å². The van der Waals surface area contributed by atoms with Gasteiger partial charge in [0, 0.05) is 36.4 Å². The molecule has 5 aromatic rings. The lowest BCUT2D eigenvalue weighted by molar-refractivity contribution is 0.0737. The van der Waals surface area contributed by atoms with E-state index in [1.165, 1.54) is 0 Å². The second kappa shape index (κ2) is 10.1. The fourth-order valence-electron chi connectivity index (χ4n) is 5.24. The van der Waals surface area contributed by atoms with Crippen LogP contribution in [0.1, 0.15) is 34.5 Å². The first kappa shape index (κ1) is 25.0. The number of nitrogens with one attached hydrogen (secondary N) is 1. The third kappa shape index (κ3) is 4.84. The van der Waals surface area contributed by atoms with Crippen molar-refractivity contribution in [3.63, 3.8) is 0 Å². The van der Waals surface area contributed by atoms with Crippen LogP contribution < -0.4 is 10.1 Å². The summed E-state index contributed by atoms with van der Waals surface area (Å²) in [4.78, 5) is 24.5. The number of aryl methyl sites for hydroxylation is 2. The number of aromatic nitrogens is 5. The highest BCUT2D eigenvalue weighted by Gasteiger charge is 2.31. The van der Waals surface area contributed by atoms with E-state index in [0.29, 0.717) is 42.4 Å². The predicted octanol–water partition coefficient (Wildman–Crippen LogP) is 3.30. The number of fused-ring (bicyclic) bond motifs is 2. The molecule has 0 radical (unpaired) electrons. The van der Waals surface area contributed by atoms with Crippen molar-refractivity contribution in [1.82, 2.24) is 29.0 Å². The van der Waals surface area contributed by atoms with Crippen LogP contribution in [0.3, 0.4) is 0 Å². The molecule has 200 valence electrons. The van der Waals surface area contributed by atoms with Crippen LogP contribution in [0.25, 0.3) is 16.6 Å². The van der Waals surface area contributed by atoms with Gasteiger partial charge in [-0.1, -0.05) is 19.1 Å². The molecular formula is C29H31N7O3. The van der Waals surface area contributed by atoms with E-state index >= 15 is 0 Å². The SMILES string of the molecule is CCc1nn(Cc2cccc(C)n2)c2cccc(NC(=O)c3cnc4cc(O[C@@H]5CN(C)C[C@@H]5O)ccn34)c12. The maximum absolute atomic E-state index is 13.4. The molecule has 0 bridgehead atoms. The van der Waals surface area contributed by atoms with Crippen LogP contribution in [0.15, 0.2) is 60.9 Å². The van der Waals surface area contributed by atoms with E-state index in [9.17, 15) is 9.90 Å². The van der Waals surface area contributed by atoms with Gasteiger partial charge in [-0.15, -0.1) is 0 Å². The third-order valence-corrected chi connectivity index (χ3v) is 7.12. The van der Waals surface area contributed by atoms with Crippen LogP contribution in [0, 0.1) is 6.92 Å². The molecule has 1 fully saturated rings. The molecule has 0 aliphatic carbocycles. The van der Waals surface area contributed by atoms with Crippen molar-refractivity contribution < 1.29 is 14.6 Å². The van der Waals surface area contributed by atoms with Gasteiger partial charge in [0.2, 0.25) is 0 Å². The number of hydrogen-bond acceptors (Lipinski definition) is 7. The van der Waals surface area contributed by atoms with Crippen molar-refractivity contribution in [3.05, 3.63) is 83.7 Å². The minimum absolute atomic E-state index is 0.272. The van der Waals surface area contributed by atoms with E-state index in [1.807, 2.05) is 60.0 Å². The summed E-state index contributed by atoms with van der Waals surface area (Å²) in [5.41, 5.74) is 5.43. The zero-order valence-corrected chi connectivity index (χ0v) is 22.2. The van der Waals surface area contributed by atoms with Gasteiger partial charge in [0.25, 0.3) is 5.91 Å². The number of β-amino-alcohol motifs (C(OH)–C–C–N with tert-alkyl or cyclic N) is 1. The average molecular weight is 526 g/mol. The van der Waals surface area contributed by atoms with Gasteiger partial charge in [-0.25, -0.2) is 4.98 Å². The number of amides is 1. The highest BCUT2D eigenvalue weighted by molar-refractivity contribution is 6.08. The Morgan fingerprint density at radius 3 is 2.79 bits per heavy atom. The Kier molecular flexibility index (Phi) is 6.49. The van der Waals surface area contributed by atoms with Crippen LogP contribution in [0.2, 0.25) is 0 Å². The quantitative estimate of drug-likeness (QED) is 0.336. The number of likely N-dealkylation sites (tertiary alicyclic amines) is 1. The molecule has 10 heteroatoms. The minimum Gasteiger partial charge on any atom is -0.486 e. The smallest absolute Gasteiger partial charge is 0.274 e. The lowest BCUT2D eigenvalue weighted by Gasteiger charge is -2.16. The maximum Gasteiger partial charge on any atom is 0.274 e. The molecule has 0 unspecified atom stereocenters. The molecule has 1 saturated heterocycles. The number of anilines is 1. The number of nitrogens with zero attached hydrogens (tertiary/aromatic N) is 6. The normalized spacial score (nSPS) is 17.7. The van der Waals surface area contributed by atoms with Crippen molar-refractivity contribution in [2.24, 2.45) is 0 Å². The first-order valence-electron chi connectivity index (χ1n) is 13.1. The topological polar surface area (TPSA) is 110 Å². The second-order valence-corrected chi connectivity index (χ2v) is 10.1. The number of rotatable bonds is 7. The number of imidazole rings is 1. The highest BCUT2D eigenvalue weighted by atomic mass is 16.5. The Balaban J connectivity index is 1.26. The molecule has 10 nitrogen and oxygen atoms in total. The van der Waals surface area contributed by atoms with Crippen LogP contribution in [-0.2, 0) is 13.0 Å². The van der Waals surface area contributed by atoms with Gasteiger partial charge in [0.1, 0.15) is 29.3 Å². The van der Waals surface area contributed by atoms with E-state index in [0.717, 1.165) is 34.4 Å². The monoisotopic (exact) mass is 525 g/mol. The van der Waals surface area contributed by atoms with Crippen molar-refractivity contribution in [1.29, 1.82) is 0 Å². The summed E-state index contributed by atoms with van der Waals surface area (Å²) < 4.78 is 9.67. The zero-order chi connectivity index (χ0) is 27.1. The molecule has 1 aliphatic rings. The summed E-state index contributed by atoms with van der Waals surface area (Å²) >= 11 is 0. The summed E-state index contributed by atoms with van der Waals surface area (Å²) in [5, 5.41) is 19.1. The fourth-order valence-corrected chi connectivity index (χ4v) is 5.24. The summed E-state index contributed by atoms with van der Waals surface area (Å²) in [6.07, 6.45) is 3.20. The second-order valence-electron chi connectivity index (χ2n) is 10.1. The number of aliphatic hydroxyl groups is 1. The number of likely N-dealkylation sites (N-methyl/N-ethyl adjacent to an activating group) is 1. The summed E-state index contributed by atoms with van der Waals surface area (Å²) in [5.74, 6) is 0.332. The van der Waals surface area contributed by atoms with Gasteiger partial charge in [-0.2, -0.15) is 5.10 Å². The van der Waals surface area contributed by atoms with E-state index in [2.05, 4.69) is 22.2 Å². The van der Waals surface area contributed by atoms with Gasteiger partial charge in [0.15, 0.2) is 0 Å². The fraction of sp³-hybridized carbons (Fsp3) is 0.310. The molecule has 5 heterocycles. The number of carbonyl (C=O) groups excluding carboxylic acids is 1. The maximum atomic E-state index is 13.4. The van der Waals surface area contributed by atoms with Gasteiger partial charge in [-0.3, -0.25) is 23.8 Å². The standard InChI is InChI=1S/C29H31N7O3/c1-4-21-28-22(9-6-10-23(28)36(33-21)15-19-8-5-7-18(2)31-19)32-29(38)24-14-30-27-13-20(11-12-35(24)27)39-26-17-34(3)16-25(26)37/h5-14,25-26,37H,4,15-17H2,1-3H3,(H,32,38)/t25-,26+/m0/s1.